The summed E-state index contributed by atoms with van der Waals surface area (Å²) in [4.78, 5) is 2.55. The first kappa shape index (κ1) is 13.4. The Labute approximate surface area is 111 Å². The van der Waals surface area contributed by atoms with Gasteiger partial charge in [-0.15, -0.1) is 0 Å². The second-order valence-electron chi connectivity index (χ2n) is 5.63. The number of rotatable bonds is 5. The van der Waals surface area contributed by atoms with E-state index in [1.807, 2.05) is 0 Å². The lowest BCUT2D eigenvalue weighted by Crippen LogP contribution is -2.37. The fourth-order valence-electron chi connectivity index (χ4n) is 2.89. The summed E-state index contributed by atoms with van der Waals surface area (Å²) < 4.78 is 0. The van der Waals surface area contributed by atoms with Gasteiger partial charge in [0, 0.05) is 30.9 Å². The standard InChI is InChI=1S/C16H26N2/c1-4-7-14-8-5-6-9-16(14)18-11-10-15(12-18)17-13(2)3/h5-6,8-9,13,15,17H,4,7,10-12H2,1-3H3. The van der Waals surface area contributed by atoms with Gasteiger partial charge in [-0.3, -0.25) is 0 Å². The molecule has 0 aliphatic carbocycles. The number of nitrogens with one attached hydrogen (secondary N) is 1. The summed E-state index contributed by atoms with van der Waals surface area (Å²) in [5.74, 6) is 0. The van der Waals surface area contributed by atoms with E-state index in [1.54, 1.807) is 0 Å². The molecule has 0 amide bonds. The quantitative estimate of drug-likeness (QED) is 0.858. The van der Waals surface area contributed by atoms with Gasteiger partial charge in [-0.1, -0.05) is 45.4 Å². The SMILES string of the molecule is CCCc1ccccc1N1CCC(NC(C)C)C1. The molecule has 1 atom stereocenters. The molecule has 1 aromatic rings. The Kier molecular flexibility index (Phi) is 4.65. The van der Waals surface area contributed by atoms with Gasteiger partial charge in [0.15, 0.2) is 0 Å². The zero-order valence-electron chi connectivity index (χ0n) is 11.9. The van der Waals surface area contributed by atoms with Crippen molar-refractivity contribution in [2.24, 2.45) is 0 Å². The monoisotopic (exact) mass is 246 g/mol. The Morgan fingerprint density at radius 2 is 2.11 bits per heavy atom. The van der Waals surface area contributed by atoms with Gasteiger partial charge in [-0.2, -0.15) is 0 Å². The van der Waals surface area contributed by atoms with Crippen molar-refractivity contribution in [3.8, 4) is 0 Å². The van der Waals surface area contributed by atoms with Gasteiger partial charge >= 0.3 is 0 Å². The van der Waals surface area contributed by atoms with E-state index in [1.165, 1.54) is 37.1 Å². The molecule has 0 radical (unpaired) electrons. The molecule has 2 nitrogen and oxygen atoms in total. The van der Waals surface area contributed by atoms with Crippen LogP contribution in [-0.4, -0.2) is 25.2 Å². The van der Waals surface area contributed by atoms with E-state index in [0.717, 1.165) is 6.54 Å². The van der Waals surface area contributed by atoms with E-state index in [0.29, 0.717) is 12.1 Å². The van der Waals surface area contributed by atoms with Crippen LogP contribution in [0.5, 0.6) is 0 Å². The Hall–Kier alpha value is -1.02. The van der Waals surface area contributed by atoms with Crippen LogP contribution in [-0.2, 0) is 6.42 Å². The number of hydrogen-bond donors (Lipinski definition) is 1. The minimum Gasteiger partial charge on any atom is -0.370 e. The van der Waals surface area contributed by atoms with Gasteiger partial charge in [0.2, 0.25) is 0 Å². The molecule has 1 aromatic carbocycles. The average Bonchev–Trinajstić information content (AvgIpc) is 2.77. The highest BCUT2D eigenvalue weighted by molar-refractivity contribution is 5.54. The van der Waals surface area contributed by atoms with Gasteiger partial charge in [0.1, 0.15) is 0 Å². The first-order chi connectivity index (χ1) is 8.70. The van der Waals surface area contributed by atoms with Gasteiger partial charge in [0.05, 0.1) is 0 Å². The summed E-state index contributed by atoms with van der Waals surface area (Å²) in [6.07, 6.45) is 3.67. The third-order valence-corrected chi connectivity index (χ3v) is 3.61. The fraction of sp³-hybridized carbons (Fsp3) is 0.625. The molecule has 1 heterocycles. The van der Waals surface area contributed by atoms with Crippen molar-refractivity contribution in [1.29, 1.82) is 0 Å². The van der Waals surface area contributed by atoms with E-state index in [2.05, 4.69) is 55.3 Å². The largest absolute Gasteiger partial charge is 0.370 e. The maximum atomic E-state index is 3.65. The van der Waals surface area contributed by atoms with Crippen LogP contribution < -0.4 is 10.2 Å². The van der Waals surface area contributed by atoms with Crippen LogP contribution in [0.25, 0.3) is 0 Å². The highest BCUT2D eigenvalue weighted by Crippen LogP contribution is 2.25. The molecule has 2 rings (SSSR count). The van der Waals surface area contributed by atoms with E-state index >= 15 is 0 Å². The molecule has 0 saturated carbocycles. The van der Waals surface area contributed by atoms with Crippen LogP contribution in [0.1, 0.15) is 39.2 Å². The van der Waals surface area contributed by atoms with E-state index < -0.39 is 0 Å². The zero-order chi connectivity index (χ0) is 13.0. The lowest BCUT2D eigenvalue weighted by atomic mass is 10.1. The highest BCUT2D eigenvalue weighted by Gasteiger charge is 2.23. The highest BCUT2D eigenvalue weighted by atomic mass is 15.2. The lowest BCUT2D eigenvalue weighted by Gasteiger charge is -2.23. The first-order valence-electron chi connectivity index (χ1n) is 7.29. The van der Waals surface area contributed by atoms with Crippen molar-refractivity contribution in [3.05, 3.63) is 29.8 Å². The second-order valence-corrected chi connectivity index (χ2v) is 5.63. The first-order valence-corrected chi connectivity index (χ1v) is 7.29. The average molecular weight is 246 g/mol. The maximum Gasteiger partial charge on any atom is 0.0399 e. The van der Waals surface area contributed by atoms with Crippen molar-refractivity contribution in [3.63, 3.8) is 0 Å². The van der Waals surface area contributed by atoms with Crippen molar-refractivity contribution in [2.45, 2.75) is 52.1 Å². The summed E-state index contributed by atoms with van der Waals surface area (Å²) in [6.45, 7) is 9.05. The van der Waals surface area contributed by atoms with Crippen molar-refractivity contribution >= 4 is 5.69 Å². The minimum atomic E-state index is 0.584. The number of hydrogen-bond acceptors (Lipinski definition) is 2. The molecule has 1 saturated heterocycles. The van der Waals surface area contributed by atoms with E-state index in [4.69, 9.17) is 0 Å². The number of nitrogens with zero attached hydrogens (tertiary/aromatic N) is 1. The molecule has 1 fully saturated rings. The van der Waals surface area contributed by atoms with Crippen molar-refractivity contribution in [2.75, 3.05) is 18.0 Å². The number of benzene rings is 1. The van der Waals surface area contributed by atoms with Gasteiger partial charge in [-0.05, 0) is 24.5 Å². The molecule has 0 spiro atoms. The Morgan fingerprint density at radius 3 is 2.83 bits per heavy atom. The van der Waals surface area contributed by atoms with Crippen LogP contribution in [0.2, 0.25) is 0 Å². The summed E-state index contributed by atoms with van der Waals surface area (Å²) in [5, 5.41) is 3.65. The number of aryl methyl sites for hydroxylation is 1. The third kappa shape index (κ3) is 3.26. The normalized spacial score (nSPS) is 19.8. The molecule has 100 valence electrons. The number of anilines is 1. The van der Waals surface area contributed by atoms with Crippen LogP contribution in [0.4, 0.5) is 5.69 Å². The fourth-order valence-corrected chi connectivity index (χ4v) is 2.89. The second kappa shape index (κ2) is 6.24. The van der Waals surface area contributed by atoms with Crippen LogP contribution in [0.15, 0.2) is 24.3 Å². The minimum absolute atomic E-state index is 0.584. The zero-order valence-corrected chi connectivity index (χ0v) is 11.9. The molecule has 1 N–H and O–H groups in total. The Balaban J connectivity index is 2.04. The molecular formula is C16H26N2. The predicted octanol–water partition coefficient (Wildman–Crippen LogP) is 3.22. The Morgan fingerprint density at radius 1 is 1.33 bits per heavy atom. The molecule has 1 aliphatic heterocycles. The summed E-state index contributed by atoms with van der Waals surface area (Å²) in [7, 11) is 0. The maximum absolute atomic E-state index is 3.65. The topological polar surface area (TPSA) is 15.3 Å². The number of para-hydroxylation sites is 1. The summed E-state index contributed by atoms with van der Waals surface area (Å²) in [5.41, 5.74) is 2.96. The van der Waals surface area contributed by atoms with Crippen LogP contribution >= 0.6 is 0 Å². The molecule has 1 unspecified atom stereocenters. The molecule has 0 aromatic heterocycles. The van der Waals surface area contributed by atoms with Gasteiger partial charge in [-0.25, -0.2) is 0 Å². The van der Waals surface area contributed by atoms with Crippen molar-refractivity contribution < 1.29 is 0 Å². The molecule has 1 aliphatic rings. The molecule has 18 heavy (non-hydrogen) atoms. The smallest absolute Gasteiger partial charge is 0.0399 e. The van der Waals surface area contributed by atoms with Crippen LogP contribution in [0, 0.1) is 0 Å². The van der Waals surface area contributed by atoms with Crippen molar-refractivity contribution in [1.82, 2.24) is 5.32 Å². The molecule has 2 heteroatoms. The molecule has 0 bridgehead atoms. The predicted molar refractivity (Wildman–Crippen MR) is 79.3 cm³/mol. The van der Waals surface area contributed by atoms with Crippen LogP contribution in [0.3, 0.4) is 0 Å². The summed E-state index contributed by atoms with van der Waals surface area (Å²) in [6, 6.07) is 10.1. The summed E-state index contributed by atoms with van der Waals surface area (Å²) >= 11 is 0. The van der Waals surface area contributed by atoms with Gasteiger partial charge < -0.3 is 10.2 Å². The van der Waals surface area contributed by atoms with Gasteiger partial charge in [0.25, 0.3) is 0 Å². The lowest BCUT2D eigenvalue weighted by molar-refractivity contribution is 0.492. The van der Waals surface area contributed by atoms with E-state index in [9.17, 15) is 0 Å². The third-order valence-electron chi connectivity index (χ3n) is 3.61. The molecular weight excluding hydrogens is 220 g/mol. The Bertz CT molecular complexity index is 373. The van der Waals surface area contributed by atoms with E-state index in [-0.39, 0.29) is 0 Å².